The van der Waals surface area contributed by atoms with Crippen LogP contribution < -0.4 is 5.73 Å². The fourth-order valence-electron chi connectivity index (χ4n) is 4.00. The normalized spacial score (nSPS) is 24.8. The number of likely N-dealkylation sites (tertiary alicyclic amines) is 1. The fourth-order valence-corrected chi connectivity index (χ4v) is 4.00. The molecule has 1 saturated heterocycles. The third kappa shape index (κ3) is 2.51. The van der Waals surface area contributed by atoms with E-state index in [1.165, 1.54) is 18.6 Å². The van der Waals surface area contributed by atoms with E-state index in [4.69, 9.17) is 5.73 Å². The van der Waals surface area contributed by atoms with E-state index in [1.54, 1.807) is 6.07 Å². The number of carbonyl (C=O) groups is 1. The highest BCUT2D eigenvalue weighted by Crippen LogP contribution is 2.49. The molecule has 2 aliphatic rings. The van der Waals surface area contributed by atoms with Crippen LogP contribution in [-0.4, -0.2) is 29.9 Å². The van der Waals surface area contributed by atoms with Gasteiger partial charge in [0.15, 0.2) is 0 Å². The Morgan fingerprint density at radius 1 is 1.29 bits per heavy atom. The molecule has 4 heteroatoms. The van der Waals surface area contributed by atoms with E-state index in [0.29, 0.717) is 23.9 Å². The molecule has 0 unspecified atom stereocenters. The van der Waals surface area contributed by atoms with Gasteiger partial charge < -0.3 is 10.6 Å². The molecule has 3 atom stereocenters. The molecule has 3 nitrogen and oxygen atoms in total. The summed E-state index contributed by atoms with van der Waals surface area (Å²) in [5, 5.41) is 0. The van der Waals surface area contributed by atoms with E-state index in [0.717, 1.165) is 23.2 Å². The maximum absolute atomic E-state index is 13.6. The zero-order valence-electron chi connectivity index (χ0n) is 13.7. The molecule has 2 aromatic rings. The molecule has 0 aromatic heterocycles. The van der Waals surface area contributed by atoms with Gasteiger partial charge in [-0.3, -0.25) is 4.79 Å². The van der Waals surface area contributed by atoms with Crippen LogP contribution >= 0.6 is 0 Å². The Balaban J connectivity index is 1.74. The van der Waals surface area contributed by atoms with Gasteiger partial charge in [-0.25, -0.2) is 4.39 Å². The number of rotatable bonds is 3. The first kappa shape index (κ1) is 15.3. The van der Waals surface area contributed by atoms with Crippen molar-refractivity contribution in [2.45, 2.75) is 19.4 Å². The fraction of sp³-hybridized carbons (Fsp3) is 0.350. The van der Waals surface area contributed by atoms with Crippen LogP contribution in [0, 0.1) is 24.6 Å². The zero-order valence-corrected chi connectivity index (χ0v) is 13.7. The quantitative estimate of drug-likeness (QED) is 0.942. The summed E-state index contributed by atoms with van der Waals surface area (Å²) in [7, 11) is 0. The first-order valence-corrected chi connectivity index (χ1v) is 8.46. The van der Waals surface area contributed by atoms with Crippen molar-refractivity contribution in [3.8, 4) is 11.1 Å². The van der Waals surface area contributed by atoms with E-state index >= 15 is 0 Å². The van der Waals surface area contributed by atoms with Gasteiger partial charge >= 0.3 is 0 Å². The first-order chi connectivity index (χ1) is 11.6. The Hall–Kier alpha value is -2.20. The minimum Gasteiger partial charge on any atom is -0.334 e. The van der Waals surface area contributed by atoms with Gasteiger partial charge in [0.1, 0.15) is 5.82 Å². The minimum absolute atomic E-state index is 0.0110. The van der Waals surface area contributed by atoms with Crippen LogP contribution in [0.4, 0.5) is 4.39 Å². The lowest BCUT2D eigenvalue weighted by molar-refractivity contribution is 0.0713. The van der Waals surface area contributed by atoms with Crippen LogP contribution in [0.2, 0.25) is 0 Å². The maximum Gasteiger partial charge on any atom is 0.254 e. The monoisotopic (exact) mass is 324 g/mol. The number of carbonyl (C=O) groups excluding carboxylic acids is 1. The molecule has 1 amide bonds. The van der Waals surface area contributed by atoms with Gasteiger partial charge in [-0.2, -0.15) is 0 Å². The summed E-state index contributed by atoms with van der Waals surface area (Å²) >= 11 is 0. The lowest BCUT2D eigenvalue weighted by atomic mass is 9.96. The third-order valence-corrected chi connectivity index (χ3v) is 5.35. The van der Waals surface area contributed by atoms with Crippen molar-refractivity contribution >= 4 is 5.91 Å². The number of nitrogens with two attached hydrogens (primary N) is 1. The van der Waals surface area contributed by atoms with E-state index < -0.39 is 0 Å². The highest BCUT2D eigenvalue weighted by molar-refractivity contribution is 6.01. The van der Waals surface area contributed by atoms with Gasteiger partial charge in [0.25, 0.3) is 5.91 Å². The maximum atomic E-state index is 13.6. The lowest BCUT2D eigenvalue weighted by Crippen LogP contribution is -2.43. The molecule has 0 radical (unpaired) electrons. The van der Waals surface area contributed by atoms with E-state index in [1.807, 2.05) is 36.1 Å². The number of hydrogen-bond donors (Lipinski definition) is 1. The summed E-state index contributed by atoms with van der Waals surface area (Å²) in [5.74, 6) is 0.902. The molecular formula is C20H21FN2O. The van der Waals surface area contributed by atoms with E-state index in [2.05, 4.69) is 0 Å². The van der Waals surface area contributed by atoms with Crippen molar-refractivity contribution in [2.75, 3.05) is 13.1 Å². The van der Waals surface area contributed by atoms with Crippen molar-refractivity contribution in [1.82, 2.24) is 4.90 Å². The Labute approximate surface area is 141 Å². The minimum atomic E-state index is -0.297. The number of nitrogens with zero attached hydrogens (tertiary/aromatic N) is 1. The molecule has 24 heavy (non-hydrogen) atoms. The summed E-state index contributed by atoms with van der Waals surface area (Å²) in [6.45, 7) is 3.28. The molecule has 0 bridgehead atoms. The molecule has 1 aliphatic carbocycles. The van der Waals surface area contributed by atoms with Gasteiger partial charge in [0.2, 0.25) is 0 Å². The van der Waals surface area contributed by atoms with Crippen LogP contribution in [0.3, 0.4) is 0 Å². The number of amides is 1. The topological polar surface area (TPSA) is 46.3 Å². The smallest absolute Gasteiger partial charge is 0.254 e. The van der Waals surface area contributed by atoms with E-state index in [9.17, 15) is 9.18 Å². The van der Waals surface area contributed by atoms with Gasteiger partial charge in [-0.1, -0.05) is 29.8 Å². The second-order valence-corrected chi connectivity index (χ2v) is 6.98. The average Bonchev–Trinajstić information content (AvgIpc) is 3.25. The second kappa shape index (κ2) is 5.71. The molecule has 1 aliphatic heterocycles. The third-order valence-electron chi connectivity index (χ3n) is 5.35. The number of piperidine rings is 1. The van der Waals surface area contributed by atoms with Gasteiger partial charge in [0.05, 0.1) is 0 Å². The molecule has 124 valence electrons. The molecule has 2 fully saturated rings. The summed E-state index contributed by atoms with van der Waals surface area (Å²) < 4.78 is 13.6. The van der Waals surface area contributed by atoms with Crippen LogP contribution in [0.1, 0.15) is 22.3 Å². The van der Waals surface area contributed by atoms with Crippen molar-refractivity contribution in [3.05, 3.63) is 59.4 Å². The number of aryl methyl sites for hydroxylation is 1. The van der Waals surface area contributed by atoms with Crippen molar-refractivity contribution in [2.24, 2.45) is 17.6 Å². The Bertz CT molecular complexity index is 804. The number of fused-ring (bicyclic) bond motifs is 1. The average molecular weight is 324 g/mol. The van der Waals surface area contributed by atoms with Crippen LogP contribution in [0.15, 0.2) is 42.5 Å². The standard InChI is InChI=1S/C20H21FN2O/c1-12-5-6-16(17(7-12)13-3-2-4-15(21)8-13)20(24)23-11-14-9-18(14)19(23)10-22/h2-8,14,18-19H,9-11,22H2,1H3/t14-,18-,19-/m1/s1. The van der Waals surface area contributed by atoms with Crippen LogP contribution in [-0.2, 0) is 0 Å². The largest absolute Gasteiger partial charge is 0.334 e. The Kier molecular flexibility index (Phi) is 3.65. The number of halogens is 1. The molecule has 2 aromatic carbocycles. The zero-order chi connectivity index (χ0) is 16.8. The van der Waals surface area contributed by atoms with Crippen molar-refractivity contribution < 1.29 is 9.18 Å². The summed E-state index contributed by atoms with van der Waals surface area (Å²) in [4.78, 5) is 15.1. The Morgan fingerprint density at radius 2 is 2.12 bits per heavy atom. The lowest BCUT2D eigenvalue weighted by Gasteiger charge is -2.27. The predicted molar refractivity (Wildman–Crippen MR) is 92.0 cm³/mol. The molecule has 0 spiro atoms. The SMILES string of the molecule is Cc1ccc(C(=O)N2C[C@H]3C[C@H]3[C@H]2CN)c(-c2cccc(F)c2)c1. The van der Waals surface area contributed by atoms with Gasteiger partial charge in [-0.15, -0.1) is 0 Å². The van der Waals surface area contributed by atoms with E-state index in [-0.39, 0.29) is 17.8 Å². The predicted octanol–water partition coefficient (Wildman–Crippen LogP) is 3.22. The molecule has 2 N–H and O–H groups in total. The van der Waals surface area contributed by atoms with Crippen molar-refractivity contribution in [1.29, 1.82) is 0 Å². The van der Waals surface area contributed by atoms with Crippen LogP contribution in [0.25, 0.3) is 11.1 Å². The molecular weight excluding hydrogens is 303 g/mol. The number of hydrogen-bond acceptors (Lipinski definition) is 2. The van der Waals surface area contributed by atoms with Crippen LogP contribution in [0.5, 0.6) is 0 Å². The summed E-state index contributed by atoms with van der Waals surface area (Å²) in [6, 6.07) is 12.3. The number of benzene rings is 2. The first-order valence-electron chi connectivity index (χ1n) is 8.46. The molecule has 1 heterocycles. The summed E-state index contributed by atoms with van der Waals surface area (Å²) in [6.07, 6.45) is 1.19. The highest BCUT2D eigenvalue weighted by atomic mass is 19.1. The molecule has 1 saturated carbocycles. The molecule has 4 rings (SSSR count). The van der Waals surface area contributed by atoms with Gasteiger partial charge in [-0.05, 0) is 54.5 Å². The van der Waals surface area contributed by atoms with Crippen molar-refractivity contribution in [3.63, 3.8) is 0 Å². The highest BCUT2D eigenvalue weighted by Gasteiger charge is 2.53. The summed E-state index contributed by atoms with van der Waals surface area (Å²) in [5.41, 5.74) is 9.10. The Morgan fingerprint density at radius 3 is 2.88 bits per heavy atom. The second-order valence-electron chi connectivity index (χ2n) is 6.98. The van der Waals surface area contributed by atoms with Gasteiger partial charge in [0, 0.05) is 24.7 Å².